The Hall–Kier alpha value is -2.69. The molecule has 0 unspecified atom stereocenters. The van der Waals surface area contributed by atoms with Gasteiger partial charge >= 0.3 is 11.8 Å². The van der Waals surface area contributed by atoms with Crippen LogP contribution in [-0.4, -0.2) is 24.1 Å². The molecule has 0 bridgehead atoms. The third-order valence-electron chi connectivity index (χ3n) is 4.09. The molecule has 1 aliphatic rings. The van der Waals surface area contributed by atoms with Crippen LogP contribution in [-0.2, 0) is 9.59 Å². The Bertz CT molecular complexity index is 744. The first-order chi connectivity index (χ1) is 11.2. The fourth-order valence-corrected chi connectivity index (χ4v) is 2.90. The molecule has 5 heteroatoms. The predicted molar refractivity (Wildman–Crippen MR) is 90.1 cm³/mol. The Morgan fingerprint density at radius 3 is 2.57 bits per heavy atom. The van der Waals surface area contributed by atoms with Crippen molar-refractivity contribution < 1.29 is 9.59 Å². The SMILES string of the molecule is O=C(N/N=C\c1cccc2ccccc12)C(=O)NC1CCCC1. The minimum absolute atomic E-state index is 0.121. The van der Waals surface area contributed by atoms with Crippen LogP contribution in [0, 0.1) is 0 Å². The molecule has 1 fully saturated rings. The van der Waals surface area contributed by atoms with E-state index in [9.17, 15) is 9.59 Å². The average Bonchev–Trinajstić information content (AvgIpc) is 3.08. The van der Waals surface area contributed by atoms with Crippen molar-refractivity contribution in [1.82, 2.24) is 10.7 Å². The molecule has 0 spiro atoms. The van der Waals surface area contributed by atoms with Crippen molar-refractivity contribution in [3.63, 3.8) is 0 Å². The Kier molecular flexibility index (Phi) is 4.66. The van der Waals surface area contributed by atoms with Crippen molar-refractivity contribution in [3.05, 3.63) is 48.0 Å². The molecule has 2 N–H and O–H groups in total. The van der Waals surface area contributed by atoms with E-state index in [-0.39, 0.29) is 6.04 Å². The number of rotatable bonds is 3. The average molecular weight is 309 g/mol. The molecule has 0 heterocycles. The van der Waals surface area contributed by atoms with Gasteiger partial charge in [-0.25, -0.2) is 5.43 Å². The molecule has 3 rings (SSSR count). The predicted octanol–water partition coefficient (Wildman–Crippen LogP) is 2.35. The number of carbonyl (C=O) groups is 2. The van der Waals surface area contributed by atoms with Gasteiger partial charge in [0.05, 0.1) is 6.21 Å². The van der Waals surface area contributed by atoms with Crippen molar-refractivity contribution in [1.29, 1.82) is 0 Å². The van der Waals surface area contributed by atoms with Crippen LogP contribution < -0.4 is 10.7 Å². The lowest BCUT2D eigenvalue weighted by molar-refractivity contribution is -0.139. The zero-order chi connectivity index (χ0) is 16.1. The van der Waals surface area contributed by atoms with E-state index >= 15 is 0 Å². The van der Waals surface area contributed by atoms with Crippen LogP contribution in [0.15, 0.2) is 47.6 Å². The summed E-state index contributed by atoms with van der Waals surface area (Å²) >= 11 is 0. The van der Waals surface area contributed by atoms with Gasteiger partial charge in [-0.05, 0) is 23.6 Å². The van der Waals surface area contributed by atoms with E-state index in [1.807, 2.05) is 42.5 Å². The number of amides is 2. The van der Waals surface area contributed by atoms with Crippen LogP contribution in [0.3, 0.4) is 0 Å². The minimum atomic E-state index is -0.728. The number of fused-ring (bicyclic) bond motifs is 1. The Labute approximate surface area is 134 Å². The number of hydrogen-bond donors (Lipinski definition) is 2. The molecule has 118 valence electrons. The summed E-state index contributed by atoms with van der Waals surface area (Å²) in [6.45, 7) is 0. The number of carbonyl (C=O) groups excluding carboxylic acids is 2. The second-order valence-electron chi connectivity index (χ2n) is 5.72. The van der Waals surface area contributed by atoms with Crippen LogP contribution in [0.2, 0.25) is 0 Å². The lowest BCUT2D eigenvalue weighted by Crippen LogP contribution is -2.42. The molecule has 1 aliphatic carbocycles. The van der Waals surface area contributed by atoms with Gasteiger partial charge in [-0.15, -0.1) is 0 Å². The van der Waals surface area contributed by atoms with Gasteiger partial charge in [-0.3, -0.25) is 9.59 Å². The van der Waals surface area contributed by atoms with E-state index in [4.69, 9.17) is 0 Å². The molecule has 0 atom stereocenters. The smallest absolute Gasteiger partial charge is 0.329 e. The number of benzene rings is 2. The lowest BCUT2D eigenvalue weighted by atomic mass is 10.1. The number of nitrogens with zero attached hydrogens (tertiary/aromatic N) is 1. The Morgan fingerprint density at radius 1 is 1.00 bits per heavy atom. The molecule has 5 nitrogen and oxygen atoms in total. The molecule has 1 saturated carbocycles. The standard InChI is InChI=1S/C18H19N3O2/c22-17(20-15-9-2-3-10-15)18(23)21-19-12-14-8-5-7-13-6-1-4-11-16(13)14/h1,4-8,11-12,15H,2-3,9-10H2,(H,20,22)(H,21,23)/b19-12-. The maximum Gasteiger partial charge on any atom is 0.329 e. The summed E-state index contributed by atoms with van der Waals surface area (Å²) in [5.74, 6) is -1.35. The first-order valence-corrected chi connectivity index (χ1v) is 7.86. The fraction of sp³-hybridized carbons (Fsp3) is 0.278. The Balaban J connectivity index is 1.61. The van der Waals surface area contributed by atoms with Gasteiger partial charge in [0, 0.05) is 11.6 Å². The molecule has 23 heavy (non-hydrogen) atoms. The largest absolute Gasteiger partial charge is 0.345 e. The van der Waals surface area contributed by atoms with Gasteiger partial charge in [0.1, 0.15) is 0 Å². The van der Waals surface area contributed by atoms with E-state index in [2.05, 4.69) is 15.8 Å². The van der Waals surface area contributed by atoms with Crippen LogP contribution in [0.4, 0.5) is 0 Å². The monoisotopic (exact) mass is 309 g/mol. The van der Waals surface area contributed by atoms with Gasteiger partial charge in [0.25, 0.3) is 0 Å². The van der Waals surface area contributed by atoms with Crippen molar-refractivity contribution in [3.8, 4) is 0 Å². The van der Waals surface area contributed by atoms with Crippen molar-refractivity contribution >= 4 is 28.8 Å². The summed E-state index contributed by atoms with van der Waals surface area (Å²) < 4.78 is 0. The number of nitrogens with one attached hydrogen (secondary N) is 2. The van der Waals surface area contributed by atoms with Crippen LogP contribution >= 0.6 is 0 Å². The second-order valence-corrected chi connectivity index (χ2v) is 5.72. The quantitative estimate of drug-likeness (QED) is 0.519. The van der Waals surface area contributed by atoms with Gasteiger partial charge in [0.2, 0.25) is 0 Å². The zero-order valence-corrected chi connectivity index (χ0v) is 12.8. The molecule has 2 aromatic carbocycles. The summed E-state index contributed by atoms with van der Waals surface area (Å²) in [6.07, 6.45) is 5.65. The van der Waals surface area contributed by atoms with E-state index in [0.717, 1.165) is 42.0 Å². The zero-order valence-electron chi connectivity index (χ0n) is 12.8. The van der Waals surface area contributed by atoms with Crippen molar-refractivity contribution in [2.45, 2.75) is 31.7 Å². The van der Waals surface area contributed by atoms with Gasteiger partial charge in [-0.1, -0.05) is 55.3 Å². The van der Waals surface area contributed by atoms with E-state index in [1.54, 1.807) is 6.21 Å². The first-order valence-electron chi connectivity index (χ1n) is 7.86. The summed E-state index contributed by atoms with van der Waals surface area (Å²) in [5.41, 5.74) is 3.18. The van der Waals surface area contributed by atoms with E-state index in [0.29, 0.717) is 0 Å². The molecule has 0 saturated heterocycles. The van der Waals surface area contributed by atoms with Crippen LogP contribution in [0.5, 0.6) is 0 Å². The lowest BCUT2D eigenvalue weighted by Gasteiger charge is -2.10. The highest BCUT2D eigenvalue weighted by Crippen LogP contribution is 2.17. The second kappa shape index (κ2) is 7.05. The number of hydrazone groups is 1. The normalized spacial score (nSPS) is 15.1. The van der Waals surface area contributed by atoms with Gasteiger partial charge in [0.15, 0.2) is 0 Å². The first kappa shape index (κ1) is 15.2. The Morgan fingerprint density at radius 2 is 1.74 bits per heavy atom. The molecule has 2 amide bonds. The van der Waals surface area contributed by atoms with Crippen LogP contribution in [0.1, 0.15) is 31.2 Å². The minimum Gasteiger partial charge on any atom is -0.345 e. The molecular weight excluding hydrogens is 290 g/mol. The van der Waals surface area contributed by atoms with Crippen molar-refractivity contribution in [2.75, 3.05) is 0 Å². The molecule has 2 aromatic rings. The van der Waals surface area contributed by atoms with E-state index < -0.39 is 11.8 Å². The highest BCUT2D eigenvalue weighted by atomic mass is 16.2. The molecule has 0 aliphatic heterocycles. The van der Waals surface area contributed by atoms with Crippen molar-refractivity contribution in [2.24, 2.45) is 5.10 Å². The van der Waals surface area contributed by atoms with Gasteiger partial charge in [-0.2, -0.15) is 5.10 Å². The fourth-order valence-electron chi connectivity index (χ4n) is 2.90. The van der Waals surface area contributed by atoms with E-state index in [1.165, 1.54) is 0 Å². The maximum absolute atomic E-state index is 11.8. The summed E-state index contributed by atoms with van der Waals surface area (Å²) in [5, 5.41) is 8.78. The molecule has 0 radical (unpaired) electrons. The van der Waals surface area contributed by atoms with Gasteiger partial charge < -0.3 is 5.32 Å². The highest BCUT2D eigenvalue weighted by Gasteiger charge is 2.20. The summed E-state index contributed by atoms with van der Waals surface area (Å²) in [4.78, 5) is 23.5. The summed E-state index contributed by atoms with van der Waals surface area (Å²) in [6, 6.07) is 13.9. The molecular formula is C18H19N3O2. The third-order valence-corrected chi connectivity index (χ3v) is 4.09. The van der Waals surface area contributed by atoms with Crippen LogP contribution in [0.25, 0.3) is 10.8 Å². The molecule has 0 aromatic heterocycles. The summed E-state index contributed by atoms with van der Waals surface area (Å²) in [7, 11) is 0. The highest BCUT2D eigenvalue weighted by molar-refractivity contribution is 6.35. The third kappa shape index (κ3) is 3.74. The maximum atomic E-state index is 11.8. The number of hydrogen-bond acceptors (Lipinski definition) is 3. The topological polar surface area (TPSA) is 70.6 Å².